The standard InChI is InChI=1S/C18H16Cl2N2O2/c1-11-15(20)6-3-7-16(11)21-18(24)12-8-17(23)22(10-12)14-5-2-4-13(19)9-14/h2-7,9,12H,8,10H2,1H3,(H,21,24)/t12-/m1/s1. The summed E-state index contributed by atoms with van der Waals surface area (Å²) in [5, 5.41) is 4.02. The Bertz CT molecular complexity index is 807. The summed E-state index contributed by atoms with van der Waals surface area (Å²) in [5.41, 5.74) is 2.19. The van der Waals surface area contributed by atoms with Crippen LogP contribution in [0.5, 0.6) is 0 Å². The lowest BCUT2D eigenvalue weighted by Gasteiger charge is -2.17. The van der Waals surface area contributed by atoms with E-state index in [2.05, 4.69) is 5.32 Å². The molecule has 2 aromatic rings. The topological polar surface area (TPSA) is 49.4 Å². The molecule has 1 fully saturated rings. The molecule has 1 atom stereocenters. The van der Waals surface area contributed by atoms with Crippen molar-refractivity contribution >= 4 is 46.4 Å². The van der Waals surface area contributed by atoms with Crippen LogP contribution in [0.4, 0.5) is 11.4 Å². The number of rotatable bonds is 3. The van der Waals surface area contributed by atoms with Gasteiger partial charge in [-0.2, -0.15) is 0 Å². The molecule has 0 aliphatic carbocycles. The monoisotopic (exact) mass is 362 g/mol. The van der Waals surface area contributed by atoms with E-state index in [9.17, 15) is 9.59 Å². The van der Waals surface area contributed by atoms with E-state index in [-0.39, 0.29) is 18.2 Å². The first-order chi connectivity index (χ1) is 11.5. The van der Waals surface area contributed by atoms with E-state index in [0.717, 1.165) is 5.56 Å². The molecule has 24 heavy (non-hydrogen) atoms. The Morgan fingerprint density at radius 2 is 1.96 bits per heavy atom. The van der Waals surface area contributed by atoms with Gasteiger partial charge < -0.3 is 10.2 Å². The second-order valence-electron chi connectivity index (χ2n) is 5.79. The zero-order valence-corrected chi connectivity index (χ0v) is 14.6. The van der Waals surface area contributed by atoms with E-state index in [4.69, 9.17) is 23.2 Å². The SMILES string of the molecule is Cc1c(Cl)cccc1NC(=O)[C@@H]1CC(=O)N(c2cccc(Cl)c2)C1. The van der Waals surface area contributed by atoms with E-state index in [0.29, 0.717) is 28.0 Å². The van der Waals surface area contributed by atoms with E-state index in [1.54, 1.807) is 41.3 Å². The summed E-state index contributed by atoms with van der Waals surface area (Å²) in [6.07, 6.45) is 0.179. The van der Waals surface area contributed by atoms with Gasteiger partial charge in [0.05, 0.1) is 5.92 Å². The van der Waals surface area contributed by atoms with Gasteiger partial charge in [-0.3, -0.25) is 9.59 Å². The summed E-state index contributed by atoms with van der Waals surface area (Å²) in [7, 11) is 0. The van der Waals surface area contributed by atoms with Crippen LogP contribution in [0.1, 0.15) is 12.0 Å². The molecule has 0 saturated carbocycles. The first-order valence-corrected chi connectivity index (χ1v) is 8.33. The minimum Gasteiger partial charge on any atom is -0.325 e. The third-order valence-corrected chi connectivity index (χ3v) is 4.79. The van der Waals surface area contributed by atoms with Crippen LogP contribution in [0.25, 0.3) is 0 Å². The van der Waals surface area contributed by atoms with Crippen molar-refractivity contribution in [3.63, 3.8) is 0 Å². The lowest BCUT2D eigenvalue weighted by molar-refractivity contribution is -0.122. The molecule has 4 nitrogen and oxygen atoms in total. The highest BCUT2D eigenvalue weighted by molar-refractivity contribution is 6.32. The highest BCUT2D eigenvalue weighted by Gasteiger charge is 2.35. The molecule has 1 aliphatic heterocycles. The smallest absolute Gasteiger partial charge is 0.229 e. The van der Waals surface area contributed by atoms with Crippen LogP contribution in [0, 0.1) is 12.8 Å². The summed E-state index contributed by atoms with van der Waals surface area (Å²) in [6.45, 7) is 2.18. The fourth-order valence-corrected chi connectivity index (χ4v) is 3.11. The van der Waals surface area contributed by atoms with Gasteiger partial charge in [-0.25, -0.2) is 0 Å². The second-order valence-corrected chi connectivity index (χ2v) is 6.63. The molecule has 0 aromatic heterocycles. The van der Waals surface area contributed by atoms with Crippen LogP contribution in [-0.2, 0) is 9.59 Å². The molecule has 1 heterocycles. The molecule has 0 spiro atoms. The van der Waals surface area contributed by atoms with Crippen molar-refractivity contribution in [3.05, 3.63) is 58.1 Å². The molecule has 3 rings (SSSR count). The van der Waals surface area contributed by atoms with E-state index >= 15 is 0 Å². The molecule has 1 aliphatic rings. The Kier molecular flexibility index (Phi) is 4.78. The number of nitrogens with zero attached hydrogens (tertiary/aromatic N) is 1. The molecular formula is C18H16Cl2N2O2. The fourth-order valence-electron chi connectivity index (χ4n) is 2.75. The lowest BCUT2D eigenvalue weighted by Crippen LogP contribution is -2.28. The van der Waals surface area contributed by atoms with Gasteiger partial charge in [0.25, 0.3) is 0 Å². The highest BCUT2D eigenvalue weighted by atomic mass is 35.5. The average molecular weight is 363 g/mol. The Morgan fingerprint density at radius 1 is 1.21 bits per heavy atom. The normalized spacial score (nSPS) is 17.2. The van der Waals surface area contributed by atoms with E-state index in [1.807, 2.05) is 13.0 Å². The number of hydrogen-bond acceptors (Lipinski definition) is 2. The summed E-state index contributed by atoms with van der Waals surface area (Å²) >= 11 is 12.1. The largest absolute Gasteiger partial charge is 0.325 e. The first-order valence-electron chi connectivity index (χ1n) is 7.57. The zero-order valence-electron chi connectivity index (χ0n) is 13.1. The van der Waals surface area contributed by atoms with Crippen molar-refractivity contribution in [3.8, 4) is 0 Å². The van der Waals surface area contributed by atoms with Gasteiger partial charge in [0.2, 0.25) is 11.8 Å². The second kappa shape index (κ2) is 6.83. The Balaban J connectivity index is 1.73. The summed E-state index contributed by atoms with van der Waals surface area (Å²) in [5.74, 6) is -0.673. The van der Waals surface area contributed by atoms with Crippen LogP contribution < -0.4 is 10.2 Å². The maximum absolute atomic E-state index is 12.5. The van der Waals surface area contributed by atoms with Gasteiger partial charge in [0, 0.05) is 34.4 Å². The Labute approximate surface area is 150 Å². The van der Waals surface area contributed by atoms with Crippen LogP contribution in [0.15, 0.2) is 42.5 Å². The number of anilines is 2. The van der Waals surface area contributed by atoms with E-state index < -0.39 is 5.92 Å². The van der Waals surface area contributed by atoms with Crippen molar-refractivity contribution in [2.24, 2.45) is 5.92 Å². The minimum atomic E-state index is -0.408. The highest BCUT2D eigenvalue weighted by Crippen LogP contribution is 2.29. The Hall–Kier alpha value is -2.04. The van der Waals surface area contributed by atoms with Gasteiger partial charge in [-0.15, -0.1) is 0 Å². The number of amides is 2. The van der Waals surface area contributed by atoms with E-state index in [1.165, 1.54) is 0 Å². The van der Waals surface area contributed by atoms with Gasteiger partial charge in [0.15, 0.2) is 0 Å². The molecule has 2 aromatic carbocycles. The predicted molar refractivity (Wildman–Crippen MR) is 96.7 cm³/mol. The van der Waals surface area contributed by atoms with Crippen molar-refractivity contribution < 1.29 is 9.59 Å². The number of hydrogen-bond donors (Lipinski definition) is 1. The summed E-state index contributed by atoms with van der Waals surface area (Å²) in [6, 6.07) is 12.4. The maximum Gasteiger partial charge on any atom is 0.229 e. The van der Waals surface area contributed by atoms with Crippen molar-refractivity contribution in [1.29, 1.82) is 0 Å². The number of nitrogens with one attached hydrogen (secondary N) is 1. The number of carbonyl (C=O) groups is 2. The summed E-state index contributed by atoms with van der Waals surface area (Å²) in [4.78, 5) is 26.4. The third kappa shape index (κ3) is 3.40. The van der Waals surface area contributed by atoms with Crippen molar-refractivity contribution in [2.45, 2.75) is 13.3 Å². The molecule has 124 valence electrons. The molecule has 0 unspecified atom stereocenters. The van der Waals surface area contributed by atoms with Crippen LogP contribution in [0.2, 0.25) is 10.0 Å². The third-order valence-electron chi connectivity index (χ3n) is 4.14. The Morgan fingerprint density at radius 3 is 2.71 bits per heavy atom. The molecule has 1 saturated heterocycles. The molecular weight excluding hydrogens is 347 g/mol. The van der Waals surface area contributed by atoms with Gasteiger partial charge in [0.1, 0.15) is 0 Å². The van der Waals surface area contributed by atoms with Crippen molar-refractivity contribution in [2.75, 3.05) is 16.8 Å². The van der Waals surface area contributed by atoms with Gasteiger partial charge in [-0.1, -0.05) is 35.3 Å². The fraction of sp³-hybridized carbons (Fsp3) is 0.222. The predicted octanol–water partition coefficient (Wildman–Crippen LogP) is 4.29. The number of halogens is 2. The molecule has 2 amide bonds. The lowest BCUT2D eigenvalue weighted by atomic mass is 10.1. The first kappa shape index (κ1) is 16.8. The van der Waals surface area contributed by atoms with Gasteiger partial charge in [-0.05, 0) is 42.8 Å². The maximum atomic E-state index is 12.5. The molecule has 6 heteroatoms. The average Bonchev–Trinajstić information content (AvgIpc) is 2.94. The number of benzene rings is 2. The van der Waals surface area contributed by atoms with Crippen LogP contribution in [0.3, 0.4) is 0 Å². The summed E-state index contributed by atoms with van der Waals surface area (Å²) < 4.78 is 0. The quantitative estimate of drug-likeness (QED) is 0.884. The molecule has 1 N–H and O–H groups in total. The minimum absolute atomic E-state index is 0.0831. The number of carbonyl (C=O) groups excluding carboxylic acids is 2. The van der Waals surface area contributed by atoms with Crippen LogP contribution >= 0.6 is 23.2 Å². The molecule has 0 radical (unpaired) electrons. The van der Waals surface area contributed by atoms with Crippen molar-refractivity contribution in [1.82, 2.24) is 0 Å². The zero-order chi connectivity index (χ0) is 17.3. The van der Waals surface area contributed by atoms with Crippen LogP contribution in [-0.4, -0.2) is 18.4 Å². The molecule has 0 bridgehead atoms. The van der Waals surface area contributed by atoms with Gasteiger partial charge >= 0.3 is 0 Å².